The molecular formula is C15H23N5. The third-order valence-electron chi connectivity index (χ3n) is 5.21. The Morgan fingerprint density at radius 1 is 1.15 bits per heavy atom. The number of hydrogen-bond acceptors (Lipinski definition) is 5. The first-order valence-corrected chi connectivity index (χ1v) is 7.92. The third kappa shape index (κ3) is 2.14. The predicted octanol–water partition coefficient (Wildman–Crippen LogP) is 1.51. The lowest BCUT2D eigenvalue weighted by molar-refractivity contribution is 0.556. The van der Waals surface area contributed by atoms with Gasteiger partial charge in [-0.05, 0) is 31.7 Å². The molecule has 1 unspecified atom stereocenters. The highest BCUT2D eigenvalue weighted by atomic mass is 15.3. The molecule has 108 valence electrons. The largest absolute Gasteiger partial charge is 0.368 e. The summed E-state index contributed by atoms with van der Waals surface area (Å²) in [6.07, 6.45) is 6.44. The molecule has 0 aromatic carbocycles. The van der Waals surface area contributed by atoms with E-state index in [1.54, 1.807) is 0 Å². The first kappa shape index (κ1) is 12.4. The van der Waals surface area contributed by atoms with Gasteiger partial charge in [0, 0.05) is 31.1 Å². The fourth-order valence-electron chi connectivity index (χ4n) is 4.10. The van der Waals surface area contributed by atoms with Crippen molar-refractivity contribution in [3.05, 3.63) is 11.8 Å². The highest BCUT2D eigenvalue weighted by Gasteiger charge is 2.36. The fourth-order valence-corrected chi connectivity index (χ4v) is 4.10. The molecular weight excluding hydrogens is 250 g/mol. The standard InChI is InChI=1S/C15H23N5/c16-15-18-12(10-3-1-2-4-10)7-14(19-15)20-8-11-5-6-17-13(11)9-20/h7,10-11,13,17H,1-6,8-9H2,(H2,16,18,19)/t11-,13?/m1/s1. The van der Waals surface area contributed by atoms with Crippen LogP contribution in [0.5, 0.6) is 0 Å². The number of rotatable bonds is 2. The molecule has 3 aliphatic rings. The van der Waals surface area contributed by atoms with E-state index in [0.717, 1.165) is 30.5 Å². The molecule has 1 aromatic rings. The van der Waals surface area contributed by atoms with Crippen molar-refractivity contribution in [2.75, 3.05) is 30.3 Å². The normalized spacial score (nSPS) is 30.1. The second-order valence-corrected chi connectivity index (χ2v) is 6.50. The third-order valence-corrected chi connectivity index (χ3v) is 5.21. The molecule has 0 amide bonds. The number of nitrogens with two attached hydrogens (primary N) is 1. The molecule has 3 heterocycles. The Kier molecular flexibility index (Phi) is 3.02. The smallest absolute Gasteiger partial charge is 0.222 e. The minimum Gasteiger partial charge on any atom is -0.368 e. The van der Waals surface area contributed by atoms with E-state index in [1.165, 1.54) is 38.6 Å². The zero-order valence-electron chi connectivity index (χ0n) is 11.9. The average Bonchev–Trinajstić information content (AvgIpc) is 3.14. The van der Waals surface area contributed by atoms with Crippen molar-refractivity contribution in [1.82, 2.24) is 15.3 Å². The molecule has 3 N–H and O–H groups in total. The Balaban J connectivity index is 1.58. The van der Waals surface area contributed by atoms with Gasteiger partial charge < -0.3 is 16.0 Å². The zero-order chi connectivity index (χ0) is 13.5. The van der Waals surface area contributed by atoms with Gasteiger partial charge in [-0.2, -0.15) is 4.98 Å². The van der Waals surface area contributed by atoms with Gasteiger partial charge in [-0.3, -0.25) is 0 Å². The van der Waals surface area contributed by atoms with E-state index in [4.69, 9.17) is 5.73 Å². The Bertz CT molecular complexity index is 485. The molecule has 2 saturated heterocycles. The van der Waals surface area contributed by atoms with E-state index >= 15 is 0 Å². The molecule has 3 fully saturated rings. The molecule has 1 aliphatic carbocycles. The summed E-state index contributed by atoms with van der Waals surface area (Å²) in [7, 11) is 0. The maximum atomic E-state index is 5.95. The van der Waals surface area contributed by atoms with E-state index in [9.17, 15) is 0 Å². The summed E-state index contributed by atoms with van der Waals surface area (Å²) in [5.41, 5.74) is 7.11. The van der Waals surface area contributed by atoms with Gasteiger partial charge in [0.2, 0.25) is 5.95 Å². The number of anilines is 2. The van der Waals surface area contributed by atoms with Crippen LogP contribution in [0.15, 0.2) is 6.07 Å². The van der Waals surface area contributed by atoms with Crippen molar-refractivity contribution in [3.63, 3.8) is 0 Å². The van der Waals surface area contributed by atoms with E-state index < -0.39 is 0 Å². The summed E-state index contributed by atoms with van der Waals surface area (Å²) >= 11 is 0. The van der Waals surface area contributed by atoms with Crippen LogP contribution < -0.4 is 16.0 Å². The van der Waals surface area contributed by atoms with Crippen LogP contribution in [0.3, 0.4) is 0 Å². The summed E-state index contributed by atoms with van der Waals surface area (Å²) in [5.74, 6) is 2.85. The second-order valence-electron chi connectivity index (χ2n) is 6.50. The molecule has 5 heteroatoms. The summed E-state index contributed by atoms with van der Waals surface area (Å²) in [5, 5.41) is 3.59. The van der Waals surface area contributed by atoms with Crippen LogP contribution in [0.4, 0.5) is 11.8 Å². The number of hydrogen-bond donors (Lipinski definition) is 2. The average molecular weight is 273 g/mol. The number of nitrogen functional groups attached to an aromatic ring is 1. The minimum atomic E-state index is 0.439. The lowest BCUT2D eigenvalue weighted by Gasteiger charge is -2.20. The van der Waals surface area contributed by atoms with Crippen LogP contribution in [0, 0.1) is 5.92 Å². The van der Waals surface area contributed by atoms with Crippen molar-refractivity contribution >= 4 is 11.8 Å². The van der Waals surface area contributed by atoms with Crippen molar-refractivity contribution in [3.8, 4) is 0 Å². The predicted molar refractivity (Wildman–Crippen MR) is 79.8 cm³/mol. The van der Waals surface area contributed by atoms with Gasteiger partial charge >= 0.3 is 0 Å². The Hall–Kier alpha value is -1.36. The lowest BCUT2D eigenvalue weighted by atomic mass is 10.0. The number of aromatic nitrogens is 2. The Labute approximate surface area is 120 Å². The lowest BCUT2D eigenvalue weighted by Crippen LogP contribution is -2.30. The van der Waals surface area contributed by atoms with E-state index in [-0.39, 0.29) is 0 Å². The molecule has 2 aliphatic heterocycles. The molecule has 0 bridgehead atoms. The Morgan fingerprint density at radius 3 is 2.80 bits per heavy atom. The molecule has 5 nitrogen and oxygen atoms in total. The molecule has 0 radical (unpaired) electrons. The van der Waals surface area contributed by atoms with Gasteiger partial charge in [0.1, 0.15) is 5.82 Å². The SMILES string of the molecule is Nc1nc(C2CCCC2)cc(N2CC3NCC[C@@H]3C2)n1. The van der Waals surface area contributed by atoms with E-state index in [2.05, 4.69) is 26.3 Å². The quantitative estimate of drug-likeness (QED) is 0.855. The van der Waals surface area contributed by atoms with E-state index in [0.29, 0.717) is 17.9 Å². The molecule has 0 spiro atoms. The van der Waals surface area contributed by atoms with Gasteiger partial charge in [-0.15, -0.1) is 0 Å². The molecule has 4 rings (SSSR count). The first-order valence-electron chi connectivity index (χ1n) is 7.92. The highest BCUT2D eigenvalue weighted by molar-refractivity contribution is 5.46. The van der Waals surface area contributed by atoms with Gasteiger partial charge in [0.15, 0.2) is 0 Å². The maximum absolute atomic E-state index is 5.95. The van der Waals surface area contributed by atoms with Crippen molar-refractivity contribution in [2.24, 2.45) is 5.92 Å². The fraction of sp³-hybridized carbons (Fsp3) is 0.733. The van der Waals surface area contributed by atoms with Crippen LogP contribution in [-0.4, -0.2) is 35.6 Å². The summed E-state index contributed by atoms with van der Waals surface area (Å²) < 4.78 is 0. The van der Waals surface area contributed by atoms with Gasteiger partial charge in [0.25, 0.3) is 0 Å². The molecule has 20 heavy (non-hydrogen) atoms. The van der Waals surface area contributed by atoms with Gasteiger partial charge in [-0.25, -0.2) is 4.98 Å². The number of nitrogens with one attached hydrogen (secondary N) is 1. The molecule has 1 saturated carbocycles. The summed E-state index contributed by atoms with van der Waals surface area (Å²) in [6.45, 7) is 3.34. The van der Waals surface area contributed by atoms with Crippen LogP contribution >= 0.6 is 0 Å². The second kappa shape index (κ2) is 4.88. The van der Waals surface area contributed by atoms with Crippen molar-refractivity contribution in [2.45, 2.75) is 44.1 Å². The van der Waals surface area contributed by atoms with Gasteiger partial charge in [-0.1, -0.05) is 12.8 Å². The number of fused-ring (bicyclic) bond motifs is 1. The molecule has 2 atom stereocenters. The minimum absolute atomic E-state index is 0.439. The first-order chi connectivity index (χ1) is 9.79. The van der Waals surface area contributed by atoms with Crippen LogP contribution in [-0.2, 0) is 0 Å². The summed E-state index contributed by atoms with van der Waals surface area (Å²) in [6, 6.07) is 2.83. The molecule has 1 aromatic heterocycles. The summed E-state index contributed by atoms with van der Waals surface area (Å²) in [4.78, 5) is 11.4. The highest BCUT2D eigenvalue weighted by Crippen LogP contribution is 2.35. The Morgan fingerprint density at radius 2 is 2.00 bits per heavy atom. The van der Waals surface area contributed by atoms with Crippen molar-refractivity contribution in [1.29, 1.82) is 0 Å². The zero-order valence-corrected chi connectivity index (χ0v) is 11.9. The topological polar surface area (TPSA) is 67.1 Å². The van der Waals surface area contributed by atoms with Crippen LogP contribution in [0.25, 0.3) is 0 Å². The monoisotopic (exact) mass is 273 g/mol. The van der Waals surface area contributed by atoms with Crippen molar-refractivity contribution < 1.29 is 0 Å². The van der Waals surface area contributed by atoms with Crippen LogP contribution in [0.2, 0.25) is 0 Å². The van der Waals surface area contributed by atoms with E-state index in [1.807, 2.05) is 0 Å². The van der Waals surface area contributed by atoms with Crippen LogP contribution in [0.1, 0.15) is 43.7 Å². The van der Waals surface area contributed by atoms with Gasteiger partial charge in [0.05, 0.1) is 5.69 Å². The maximum Gasteiger partial charge on any atom is 0.222 e. The number of nitrogens with zero attached hydrogens (tertiary/aromatic N) is 3.